The van der Waals surface area contributed by atoms with Gasteiger partial charge in [0.05, 0.1) is 6.61 Å². The third-order valence-corrected chi connectivity index (χ3v) is 2.60. The van der Waals surface area contributed by atoms with Crippen molar-refractivity contribution in [1.29, 1.82) is 0 Å². The summed E-state index contributed by atoms with van der Waals surface area (Å²) in [6.07, 6.45) is 1.08. The van der Waals surface area contributed by atoms with Crippen LogP contribution < -0.4 is 17.7 Å². The molecule has 2 N–H and O–H groups in total. The number of aliphatic hydroxyl groups is 1. The zero-order valence-electron chi connectivity index (χ0n) is 10.3. The average molecular weight is 243 g/mol. The Balaban J connectivity index is 0.00000225. The minimum absolute atomic E-state index is 0. The molecule has 0 aromatic heterocycles. The highest BCUT2D eigenvalue weighted by molar-refractivity contribution is 5.22. The molecule has 0 radical (unpaired) electrons. The molecule has 0 atom stereocenters. The van der Waals surface area contributed by atoms with Crippen LogP contribution in [-0.4, -0.2) is 17.3 Å². The second-order valence-corrected chi connectivity index (χ2v) is 4.57. The molecule has 0 aliphatic heterocycles. The van der Waals surface area contributed by atoms with Crippen LogP contribution in [0.5, 0.6) is 0 Å². The maximum absolute atomic E-state index is 9.09. The van der Waals surface area contributed by atoms with Crippen molar-refractivity contribution < 1.29 is 17.5 Å². The molecule has 0 saturated heterocycles. The molecule has 16 heavy (non-hydrogen) atoms. The number of halogens is 1. The van der Waals surface area contributed by atoms with E-state index >= 15 is 0 Å². The predicted molar refractivity (Wildman–Crippen MR) is 63.8 cm³/mol. The van der Waals surface area contributed by atoms with Gasteiger partial charge in [-0.2, -0.15) is 0 Å². The maximum Gasteiger partial charge on any atom is 0.0607 e. The van der Waals surface area contributed by atoms with Crippen LogP contribution in [0.25, 0.3) is 0 Å². The van der Waals surface area contributed by atoms with Crippen molar-refractivity contribution in [1.82, 2.24) is 5.32 Å². The molecule has 1 rings (SSSR count). The average Bonchev–Trinajstić information content (AvgIpc) is 2.27. The second kappa shape index (κ2) is 6.89. The fourth-order valence-corrected chi connectivity index (χ4v) is 1.29. The fraction of sp³-hybridized carbons (Fsp3) is 0.538. The quantitative estimate of drug-likeness (QED) is 0.703. The van der Waals surface area contributed by atoms with Crippen molar-refractivity contribution in [2.45, 2.75) is 39.3 Å². The van der Waals surface area contributed by atoms with Crippen molar-refractivity contribution in [3.05, 3.63) is 35.4 Å². The van der Waals surface area contributed by atoms with Gasteiger partial charge in [0, 0.05) is 12.1 Å². The third-order valence-electron chi connectivity index (χ3n) is 2.60. The first-order valence-electron chi connectivity index (χ1n) is 5.51. The fourth-order valence-electron chi connectivity index (χ4n) is 1.29. The molecule has 0 bridgehead atoms. The highest BCUT2D eigenvalue weighted by Crippen LogP contribution is 2.07. The Morgan fingerprint density at radius 3 is 2.06 bits per heavy atom. The first-order chi connectivity index (χ1) is 7.07. The van der Waals surface area contributed by atoms with E-state index in [0.717, 1.165) is 13.0 Å². The Labute approximate surface area is 104 Å². The minimum atomic E-state index is -0.205. The van der Waals surface area contributed by atoms with Crippen LogP contribution in [0.4, 0.5) is 0 Å². The summed E-state index contributed by atoms with van der Waals surface area (Å²) in [5, 5.41) is 12.4. The predicted octanol–water partition coefficient (Wildman–Crippen LogP) is -0.886. The van der Waals surface area contributed by atoms with Gasteiger partial charge in [-0.25, -0.2) is 0 Å². The number of aliphatic hydroxyl groups excluding tert-OH is 1. The first-order valence-corrected chi connectivity index (χ1v) is 5.51. The highest BCUT2D eigenvalue weighted by Gasteiger charge is 2.14. The first kappa shape index (κ1) is 15.4. The number of hydrogen-bond acceptors (Lipinski definition) is 2. The zero-order valence-corrected chi connectivity index (χ0v) is 11.0. The lowest BCUT2D eigenvalue weighted by molar-refractivity contribution is -0.00000425. The number of rotatable bonds is 5. The van der Waals surface area contributed by atoms with Crippen molar-refractivity contribution in [2.24, 2.45) is 0 Å². The summed E-state index contributed by atoms with van der Waals surface area (Å²) in [6.45, 7) is 7.10. The van der Waals surface area contributed by atoms with Crippen LogP contribution in [-0.2, 0) is 13.0 Å². The molecule has 0 spiro atoms. The van der Waals surface area contributed by atoms with Gasteiger partial charge >= 0.3 is 0 Å². The van der Waals surface area contributed by atoms with Crippen molar-refractivity contribution in [3.8, 4) is 0 Å². The third kappa shape index (κ3) is 4.97. The summed E-state index contributed by atoms with van der Waals surface area (Å²) in [4.78, 5) is 0. The monoisotopic (exact) mass is 242 g/mol. The van der Waals surface area contributed by atoms with E-state index in [1.165, 1.54) is 11.1 Å². The number of nitrogens with one attached hydrogen (secondary N) is 1. The van der Waals surface area contributed by atoms with Gasteiger partial charge < -0.3 is 22.8 Å². The molecular weight excluding hydrogens is 222 g/mol. The Hall–Kier alpha value is -0.570. The van der Waals surface area contributed by atoms with E-state index in [1.54, 1.807) is 0 Å². The van der Waals surface area contributed by atoms with Crippen LogP contribution in [0.2, 0.25) is 0 Å². The lowest BCUT2D eigenvalue weighted by atomic mass is 10.1. The lowest BCUT2D eigenvalue weighted by Crippen LogP contribution is -3.00. The van der Waals surface area contributed by atoms with Gasteiger partial charge in [-0.05, 0) is 31.4 Å². The topological polar surface area (TPSA) is 32.3 Å². The van der Waals surface area contributed by atoms with Crippen LogP contribution in [0.3, 0.4) is 0 Å². The van der Waals surface area contributed by atoms with Crippen molar-refractivity contribution in [2.75, 3.05) is 6.61 Å². The summed E-state index contributed by atoms with van der Waals surface area (Å²) in [6, 6.07) is 8.59. The standard InChI is InChI=1S/C13H21NO.ClH/c1-4-11-5-7-12(8-6-11)9-14-13(2,3)10-15;/h5-8,14-15H,4,9-10H2,1-3H3;1H/p-1. The van der Waals surface area contributed by atoms with Gasteiger partial charge in [-0.1, -0.05) is 31.2 Å². The molecule has 92 valence electrons. The van der Waals surface area contributed by atoms with E-state index in [1.807, 2.05) is 13.8 Å². The number of hydrogen-bond donors (Lipinski definition) is 2. The molecule has 0 saturated carbocycles. The number of benzene rings is 1. The van der Waals surface area contributed by atoms with E-state index in [4.69, 9.17) is 5.11 Å². The molecule has 0 fully saturated rings. The van der Waals surface area contributed by atoms with Gasteiger partial charge in [0.2, 0.25) is 0 Å². The van der Waals surface area contributed by atoms with E-state index in [0.29, 0.717) is 0 Å². The Morgan fingerprint density at radius 1 is 1.12 bits per heavy atom. The van der Waals surface area contributed by atoms with Gasteiger partial charge in [0.15, 0.2) is 0 Å². The Bertz CT molecular complexity index is 295. The van der Waals surface area contributed by atoms with E-state index in [9.17, 15) is 0 Å². The largest absolute Gasteiger partial charge is 1.00 e. The summed E-state index contributed by atoms with van der Waals surface area (Å²) in [5.74, 6) is 0. The van der Waals surface area contributed by atoms with E-state index in [-0.39, 0.29) is 24.6 Å². The van der Waals surface area contributed by atoms with Crippen LogP contribution in [0.15, 0.2) is 24.3 Å². The van der Waals surface area contributed by atoms with Gasteiger partial charge in [0.1, 0.15) is 0 Å². The molecule has 1 aromatic rings. The van der Waals surface area contributed by atoms with Gasteiger partial charge in [-0.3, -0.25) is 0 Å². The molecule has 2 nitrogen and oxygen atoms in total. The molecule has 1 aromatic carbocycles. The highest BCUT2D eigenvalue weighted by atomic mass is 35.5. The smallest absolute Gasteiger partial charge is 0.0607 e. The zero-order chi connectivity index (χ0) is 11.3. The maximum atomic E-state index is 9.09. The van der Waals surface area contributed by atoms with Gasteiger partial charge in [-0.15, -0.1) is 0 Å². The second-order valence-electron chi connectivity index (χ2n) is 4.57. The molecule has 0 unspecified atom stereocenters. The molecule has 0 aliphatic rings. The van der Waals surface area contributed by atoms with E-state index < -0.39 is 0 Å². The minimum Gasteiger partial charge on any atom is -1.00 e. The summed E-state index contributed by atoms with van der Waals surface area (Å²) in [5.41, 5.74) is 2.41. The molecule has 3 heteroatoms. The summed E-state index contributed by atoms with van der Waals surface area (Å²) < 4.78 is 0. The normalized spacial score (nSPS) is 11.0. The summed E-state index contributed by atoms with van der Waals surface area (Å²) >= 11 is 0. The Kier molecular flexibility index (Phi) is 6.65. The van der Waals surface area contributed by atoms with Crippen LogP contribution in [0.1, 0.15) is 31.9 Å². The summed E-state index contributed by atoms with van der Waals surface area (Å²) in [7, 11) is 0. The molecular formula is C13H21ClNO-. The van der Waals surface area contributed by atoms with Crippen LogP contribution >= 0.6 is 0 Å². The molecule has 0 aliphatic carbocycles. The Morgan fingerprint density at radius 2 is 1.62 bits per heavy atom. The SMILES string of the molecule is CCc1ccc(CNC(C)(C)CO)cc1.[Cl-]. The van der Waals surface area contributed by atoms with Crippen LogP contribution in [0, 0.1) is 0 Å². The van der Waals surface area contributed by atoms with Crippen molar-refractivity contribution >= 4 is 0 Å². The lowest BCUT2D eigenvalue weighted by Gasteiger charge is -2.23. The molecule has 0 amide bonds. The van der Waals surface area contributed by atoms with Crippen molar-refractivity contribution in [3.63, 3.8) is 0 Å². The molecule has 0 heterocycles. The number of aryl methyl sites for hydroxylation is 1. The van der Waals surface area contributed by atoms with Gasteiger partial charge in [0.25, 0.3) is 0 Å². The van der Waals surface area contributed by atoms with E-state index in [2.05, 4.69) is 36.5 Å².